The zero-order valence-corrected chi connectivity index (χ0v) is 15.2. The van der Waals surface area contributed by atoms with E-state index >= 15 is 0 Å². The molecule has 9 nitrogen and oxygen atoms in total. The normalized spacial score (nSPS) is 10.7. The monoisotopic (exact) mass is 382 g/mol. The van der Waals surface area contributed by atoms with E-state index in [4.69, 9.17) is 9.47 Å². The molecule has 4 aromatic heterocycles. The maximum Gasteiger partial charge on any atom is 0.261 e. The number of anilines is 1. The molecule has 27 heavy (non-hydrogen) atoms. The first-order valence-corrected chi connectivity index (χ1v) is 8.74. The van der Waals surface area contributed by atoms with E-state index < -0.39 is 0 Å². The number of hydrogen-bond donors (Lipinski definition) is 1. The van der Waals surface area contributed by atoms with Gasteiger partial charge in [-0.1, -0.05) is 0 Å². The minimum absolute atomic E-state index is 0.314. The summed E-state index contributed by atoms with van der Waals surface area (Å²) in [6.45, 7) is 1.86. The first-order valence-electron chi connectivity index (χ1n) is 7.86. The van der Waals surface area contributed by atoms with Gasteiger partial charge in [-0.2, -0.15) is 5.10 Å². The number of ether oxygens (including phenoxy) is 2. The van der Waals surface area contributed by atoms with Crippen molar-refractivity contribution in [3.63, 3.8) is 0 Å². The third kappa shape index (κ3) is 3.55. The van der Waals surface area contributed by atoms with Crippen LogP contribution in [0.2, 0.25) is 0 Å². The second-order valence-corrected chi connectivity index (χ2v) is 6.39. The molecule has 0 saturated carbocycles. The molecule has 4 rings (SSSR count). The summed E-state index contributed by atoms with van der Waals surface area (Å²) in [7, 11) is 1.55. The maximum atomic E-state index is 12.7. The van der Waals surface area contributed by atoms with Crippen molar-refractivity contribution in [2.75, 3.05) is 12.4 Å². The van der Waals surface area contributed by atoms with Gasteiger partial charge in [0, 0.05) is 11.4 Å². The van der Waals surface area contributed by atoms with Gasteiger partial charge in [0.25, 0.3) is 5.91 Å². The summed E-state index contributed by atoms with van der Waals surface area (Å²) in [5.74, 6) is 1.09. The summed E-state index contributed by atoms with van der Waals surface area (Å²) >= 11 is 1.35. The van der Waals surface area contributed by atoms with E-state index in [-0.39, 0.29) is 5.91 Å². The second kappa shape index (κ2) is 7.00. The highest BCUT2D eigenvalue weighted by Gasteiger charge is 2.17. The van der Waals surface area contributed by atoms with E-state index in [0.29, 0.717) is 33.6 Å². The summed E-state index contributed by atoms with van der Waals surface area (Å²) in [5.41, 5.74) is 1.57. The average Bonchev–Trinajstić information content (AvgIpc) is 3.29. The molecule has 0 aliphatic carbocycles. The Kier molecular flexibility index (Phi) is 4.38. The lowest BCUT2D eigenvalue weighted by atomic mass is 10.2. The van der Waals surface area contributed by atoms with Crippen LogP contribution >= 0.6 is 11.3 Å². The Balaban J connectivity index is 1.67. The standard InChI is InChI=1S/C17H14N6O3S/c1-10-8-27-17(21-10)22-16(24)14-4-13(7-23-15(14)19-9-20-23)26-12-3-11(25-2)5-18-6-12/h3-9H,1-2H3,(H,21,22,24). The predicted octanol–water partition coefficient (Wildman–Crippen LogP) is 2.94. The first-order chi connectivity index (χ1) is 13.1. The van der Waals surface area contributed by atoms with Crippen molar-refractivity contribution in [1.29, 1.82) is 0 Å². The van der Waals surface area contributed by atoms with Crippen molar-refractivity contribution in [3.8, 4) is 17.2 Å². The maximum absolute atomic E-state index is 12.7. The van der Waals surface area contributed by atoms with Crippen molar-refractivity contribution in [3.05, 3.63) is 53.7 Å². The van der Waals surface area contributed by atoms with Crippen molar-refractivity contribution in [1.82, 2.24) is 24.6 Å². The second-order valence-electron chi connectivity index (χ2n) is 5.53. The Morgan fingerprint density at radius 2 is 2.07 bits per heavy atom. The molecule has 1 amide bonds. The van der Waals surface area contributed by atoms with Crippen LogP contribution in [0.4, 0.5) is 5.13 Å². The Morgan fingerprint density at radius 3 is 2.85 bits per heavy atom. The molecule has 0 fully saturated rings. The molecule has 0 unspecified atom stereocenters. The summed E-state index contributed by atoms with van der Waals surface area (Å²) < 4.78 is 12.4. The molecule has 10 heteroatoms. The van der Waals surface area contributed by atoms with Crippen LogP contribution in [-0.4, -0.2) is 37.6 Å². The highest BCUT2D eigenvalue weighted by atomic mass is 32.1. The van der Waals surface area contributed by atoms with E-state index in [1.165, 1.54) is 22.2 Å². The number of hydrogen-bond acceptors (Lipinski definition) is 8. The number of aromatic nitrogens is 5. The number of aryl methyl sites for hydroxylation is 1. The van der Waals surface area contributed by atoms with Gasteiger partial charge in [-0.25, -0.2) is 14.5 Å². The quantitative estimate of drug-likeness (QED) is 0.566. The summed E-state index contributed by atoms with van der Waals surface area (Å²) in [4.78, 5) is 25.2. The highest BCUT2D eigenvalue weighted by molar-refractivity contribution is 7.13. The minimum Gasteiger partial charge on any atom is -0.495 e. The van der Waals surface area contributed by atoms with E-state index in [1.54, 1.807) is 37.8 Å². The number of carbonyl (C=O) groups is 1. The molecule has 4 aromatic rings. The van der Waals surface area contributed by atoms with Crippen LogP contribution in [0.3, 0.4) is 0 Å². The molecule has 0 aromatic carbocycles. The zero-order valence-electron chi connectivity index (χ0n) is 14.4. The van der Waals surface area contributed by atoms with Crippen LogP contribution in [0.15, 0.2) is 42.4 Å². The topological polar surface area (TPSA) is 104 Å². The van der Waals surface area contributed by atoms with E-state index in [0.717, 1.165) is 5.69 Å². The summed E-state index contributed by atoms with van der Waals surface area (Å²) in [5, 5.41) is 9.24. The molecular formula is C17H14N6O3S. The lowest BCUT2D eigenvalue weighted by Gasteiger charge is -2.09. The number of methoxy groups -OCH3 is 1. The third-order valence-corrected chi connectivity index (χ3v) is 4.47. The number of carbonyl (C=O) groups excluding carboxylic acids is 1. The van der Waals surface area contributed by atoms with Gasteiger partial charge in [-0.05, 0) is 13.0 Å². The minimum atomic E-state index is -0.350. The summed E-state index contributed by atoms with van der Waals surface area (Å²) in [6.07, 6.45) is 6.12. The predicted molar refractivity (Wildman–Crippen MR) is 98.7 cm³/mol. The fourth-order valence-electron chi connectivity index (χ4n) is 2.40. The van der Waals surface area contributed by atoms with E-state index in [1.807, 2.05) is 12.3 Å². The van der Waals surface area contributed by atoms with E-state index in [2.05, 4.69) is 25.4 Å². The smallest absolute Gasteiger partial charge is 0.261 e. The number of thiazole rings is 1. The van der Waals surface area contributed by atoms with Gasteiger partial charge in [-0.15, -0.1) is 11.3 Å². The van der Waals surface area contributed by atoms with Gasteiger partial charge < -0.3 is 9.47 Å². The number of fused-ring (bicyclic) bond motifs is 1. The van der Waals surface area contributed by atoms with Gasteiger partial charge in [0.15, 0.2) is 10.8 Å². The third-order valence-electron chi connectivity index (χ3n) is 3.59. The van der Waals surface area contributed by atoms with Gasteiger partial charge in [-0.3, -0.25) is 15.1 Å². The van der Waals surface area contributed by atoms with Crippen LogP contribution in [0, 0.1) is 6.92 Å². The van der Waals surface area contributed by atoms with Crippen molar-refractivity contribution < 1.29 is 14.3 Å². The van der Waals surface area contributed by atoms with Crippen LogP contribution < -0.4 is 14.8 Å². The van der Waals surface area contributed by atoms with E-state index in [9.17, 15) is 4.79 Å². The number of nitrogens with one attached hydrogen (secondary N) is 1. The van der Waals surface area contributed by atoms with Gasteiger partial charge >= 0.3 is 0 Å². The Labute approximate surface area is 157 Å². The van der Waals surface area contributed by atoms with Crippen molar-refractivity contribution in [2.24, 2.45) is 0 Å². The first kappa shape index (κ1) is 16.9. The molecule has 1 N–H and O–H groups in total. The molecule has 0 saturated heterocycles. The molecular weight excluding hydrogens is 368 g/mol. The van der Waals surface area contributed by atoms with Crippen LogP contribution in [0.1, 0.15) is 16.1 Å². The molecule has 0 aliphatic heterocycles. The van der Waals surface area contributed by atoms with Crippen LogP contribution in [-0.2, 0) is 0 Å². The van der Waals surface area contributed by atoms with Crippen LogP contribution in [0.5, 0.6) is 17.2 Å². The molecule has 0 radical (unpaired) electrons. The molecule has 0 bridgehead atoms. The zero-order chi connectivity index (χ0) is 18.8. The number of nitrogens with zero attached hydrogens (tertiary/aromatic N) is 5. The largest absolute Gasteiger partial charge is 0.495 e. The van der Waals surface area contributed by atoms with Gasteiger partial charge in [0.2, 0.25) is 0 Å². The fraction of sp³-hybridized carbons (Fsp3) is 0.118. The molecule has 0 spiro atoms. The Hall–Kier alpha value is -3.53. The summed E-state index contributed by atoms with van der Waals surface area (Å²) in [6, 6.07) is 3.29. The molecule has 0 aliphatic rings. The van der Waals surface area contributed by atoms with Crippen molar-refractivity contribution in [2.45, 2.75) is 6.92 Å². The lowest BCUT2D eigenvalue weighted by molar-refractivity contribution is 0.102. The number of amides is 1. The SMILES string of the molecule is COc1cncc(Oc2cc(C(=O)Nc3nc(C)cs3)c3ncnn3c2)c1. The Bertz CT molecular complexity index is 1120. The molecule has 136 valence electrons. The van der Waals surface area contributed by atoms with Gasteiger partial charge in [0.05, 0.1) is 37.0 Å². The van der Waals surface area contributed by atoms with Crippen molar-refractivity contribution >= 4 is 28.0 Å². The number of rotatable bonds is 5. The highest BCUT2D eigenvalue weighted by Crippen LogP contribution is 2.26. The molecule has 4 heterocycles. The molecule has 0 atom stereocenters. The average molecular weight is 382 g/mol. The Morgan fingerprint density at radius 1 is 1.22 bits per heavy atom. The number of pyridine rings is 2. The van der Waals surface area contributed by atoms with Crippen LogP contribution in [0.25, 0.3) is 5.65 Å². The fourth-order valence-corrected chi connectivity index (χ4v) is 3.09. The van der Waals surface area contributed by atoms with Gasteiger partial charge in [0.1, 0.15) is 23.6 Å². The lowest BCUT2D eigenvalue weighted by Crippen LogP contribution is -2.14.